The van der Waals surface area contributed by atoms with Crippen molar-refractivity contribution in [3.8, 4) is 11.5 Å². The fraction of sp³-hybridized carbons (Fsp3) is 0.333. The van der Waals surface area contributed by atoms with E-state index in [9.17, 15) is 9.59 Å². The fourth-order valence-corrected chi connectivity index (χ4v) is 2.66. The van der Waals surface area contributed by atoms with Crippen LogP contribution in [0.25, 0.3) is 0 Å². The Morgan fingerprint density at radius 1 is 1.27 bits per heavy atom. The van der Waals surface area contributed by atoms with Gasteiger partial charge in [0.05, 0.1) is 14.2 Å². The Balaban J connectivity index is 2.03. The van der Waals surface area contributed by atoms with E-state index >= 15 is 0 Å². The zero-order valence-electron chi connectivity index (χ0n) is 12.6. The Morgan fingerprint density at radius 3 is 2.64 bits per heavy atom. The summed E-state index contributed by atoms with van der Waals surface area (Å²) in [7, 11) is 3.10. The summed E-state index contributed by atoms with van der Waals surface area (Å²) in [6, 6.07) is 5.25. The van der Waals surface area contributed by atoms with Crippen molar-refractivity contribution in [2.24, 2.45) is 0 Å². The van der Waals surface area contributed by atoms with E-state index in [1.165, 1.54) is 4.57 Å². The summed E-state index contributed by atoms with van der Waals surface area (Å²) < 4.78 is 17.0. The number of ether oxygens (including phenoxy) is 3. The van der Waals surface area contributed by atoms with Gasteiger partial charge in [-0.3, -0.25) is 14.2 Å². The van der Waals surface area contributed by atoms with Gasteiger partial charge in [-0.25, -0.2) is 0 Å². The van der Waals surface area contributed by atoms with Gasteiger partial charge in [0.2, 0.25) is 0 Å². The molecular weight excluding hydrogens is 306 g/mol. The molecule has 0 fully saturated rings. The zero-order valence-corrected chi connectivity index (χ0v) is 13.4. The van der Waals surface area contributed by atoms with Gasteiger partial charge in [0.1, 0.15) is 24.7 Å². The third-order valence-corrected chi connectivity index (χ3v) is 4.02. The van der Waals surface area contributed by atoms with Crippen LogP contribution in [0.3, 0.4) is 0 Å². The van der Waals surface area contributed by atoms with E-state index in [1.54, 1.807) is 44.7 Å². The molecule has 22 heavy (non-hydrogen) atoms. The normalized spacial score (nSPS) is 10.3. The molecule has 118 valence electrons. The molecule has 0 N–H and O–H groups in total. The first-order valence-electron chi connectivity index (χ1n) is 6.56. The van der Waals surface area contributed by atoms with E-state index in [4.69, 9.17) is 14.2 Å². The largest absolute Gasteiger partial charge is 0.497 e. The maximum Gasteiger partial charge on any atom is 0.326 e. The van der Waals surface area contributed by atoms with Crippen molar-refractivity contribution < 1.29 is 19.0 Å². The Labute approximate surface area is 131 Å². The van der Waals surface area contributed by atoms with Crippen molar-refractivity contribution in [1.29, 1.82) is 0 Å². The van der Waals surface area contributed by atoms with Crippen LogP contribution < -0.4 is 14.3 Å². The third kappa shape index (κ3) is 3.67. The highest BCUT2D eigenvalue weighted by atomic mass is 32.1. The highest BCUT2D eigenvalue weighted by Gasteiger charge is 2.12. The lowest BCUT2D eigenvalue weighted by Crippen LogP contribution is -2.22. The molecule has 0 bridgehead atoms. The maximum absolute atomic E-state index is 11.9. The van der Waals surface area contributed by atoms with Crippen LogP contribution in [0.15, 0.2) is 28.4 Å². The van der Waals surface area contributed by atoms with Crippen LogP contribution in [0.5, 0.6) is 11.5 Å². The second kappa shape index (κ2) is 7.13. The molecule has 7 heteroatoms. The molecule has 2 aromatic rings. The number of rotatable bonds is 6. The summed E-state index contributed by atoms with van der Waals surface area (Å²) in [5.41, 5.74) is 1.44. The van der Waals surface area contributed by atoms with Crippen LogP contribution in [0.4, 0.5) is 0 Å². The summed E-state index contributed by atoms with van der Waals surface area (Å²) in [6.07, 6.45) is 0. The lowest BCUT2D eigenvalue weighted by atomic mass is 10.2. The number of nitrogens with zero attached hydrogens (tertiary/aromatic N) is 1. The van der Waals surface area contributed by atoms with Crippen molar-refractivity contribution >= 4 is 17.3 Å². The average molecular weight is 323 g/mol. The first kappa shape index (κ1) is 16.1. The molecule has 1 aromatic carbocycles. The number of carbonyl (C=O) groups excluding carboxylic acids is 1. The molecule has 1 aromatic heterocycles. The number of thiazole rings is 1. The molecule has 0 spiro atoms. The smallest absolute Gasteiger partial charge is 0.326 e. The Hall–Kier alpha value is -2.28. The molecule has 0 atom stereocenters. The SMILES string of the molecule is COc1ccc(OC)c(COC(=O)Cn2c(C)csc2=O)c1. The first-order chi connectivity index (χ1) is 10.5. The van der Waals surface area contributed by atoms with Gasteiger partial charge < -0.3 is 14.2 Å². The van der Waals surface area contributed by atoms with Crippen molar-refractivity contribution in [3.05, 3.63) is 44.5 Å². The molecule has 1 heterocycles. The molecule has 0 unspecified atom stereocenters. The lowest BCUT2D eigenvalue weighted by molar-refractivity contribution is -0.145. The number of aromatic nitrogens is 1. The van der Waals surface area contributed by atoms with Gasteiger partial charge in [0.15, 0.2) is 0 Å². The standard InChI is InChI=1S/C15H17NO5S/c1-10-9-22-15(18)16(10)7-14(17)21-8-11-6-12(19-2)4-5-13(11)20-3/h4-6,9H,7-8H2,1-3H3. The van der Waals surface area contributed by atoms with E-state index in [0.29, 0.717) is 17.1 Å². The summed E-state index contributed by atoms with van der Waals surface area (Å²) >= 11 is 1.06. The van der Waals surface area contributed by atoms with Gasteiger partial charge in [0, 0.05) is 16.6 Å². The first-order valence-corrected chi connectivity index (χ1v) is 7.44. The summed E-state index contributed by atoms with van der Waals surface area (Å²) in [4.78, 5) is 23.3. The van der Waals surface area contributed by atoms with Crippen molar-refractivity contribution in [2.75, 3.05) is 14.2 Å². The molecule has 0 saturated heterocycles. The van der Waals surface area contributed by atoms with E-state index in [-0.39, 0.29) is 18.0 Å². The molecule has 6 nitrogen and oxygen atoms in total. The number of hydrogen-bond acceptors (Lipinski definition) is 6. The minimum Gasteiger partial charge on any atom is -0.497 e. The number of benzene rings is 1. The molecule has 0 aliphatic rings. The molecule has 0 aliphatic heterocycles. The number of aryl methyl sites for hydroxylation is 1. The lowest BCUT2D eigenvalue weighted by Gasteiger charge is -2.11. The Kier molecular flexibility index (Phi) is 5.21. The molecule has 0 amide bonds. The van der Waals surface area contributed by atoms with Crippen LogP contribution in [0.1, 0.15) is 11.3 Å². The minimum absolute atomic E-state index is 0.0527. The quantitative estimate of drug-likeness (QED) is 0.761. The predicted octanol–water partition coefficient (Wildman–Crippen LogP) is 1.98. The van der Waals surface area contributed by atoms with Gasteiger partial charge in [-0.15, -0.1) is 0 Å². The molecule has 0 saturated carbocycles. The van der Waals surface area contributed by atoms with Crippen LogP contribution in [-0.4, -0.2) is 24.8 Å². The zero-order chi connectivity index (χ0) is 16.1. The fourth-order valence-electron chi connectivity index (χ4n) is 1.92. The van der Waals surface area contributed by atoms with E-state index in [0.717, 1.165) is 17.0 Å². The van der Waals surface area contributed by atoms with Crippen molar-refractivity contribution in [3.63, 3.8) is 0 Å². The monoisotopic (exact) mass is 323 g/mol. The van der Waals surface area contributed by atoms with Crippen LogP contribution >= 0.6 is 11.3 Å². The van der Waals surface area contributed by atoms with Gasteiger partial charge in [-0.2, -0.15) is 0 Å². The molecule has 0 radical (unpaired) electrons. The van der Waals surface area contributed by atoms with Gasteiger partial charge in [-0.05, 0) is 25.1 Å². The Morgan fingerprint density at radius 2 is 2.05 bits per heavy atom. The number of hydrogen-bond donors (Lipinski definition) is 0. The molecule has 2 rings (SSSR count). The number of methoxy groups -OCH3 is 2. The van der Waals surface area contributed by atoms with Crippen molar-refractivity contribution in [1.82, 2.24) is 4.57 Å². The minimum atomic E-state index is -0.478. The summed E-state index contributed by atoms with van der Waals surface area (Å²) in [6.45, 7) is 1.73. The highest BCUT2D eigenvalue weighted by molar-refractivity contribution is 7.07. The van der Waals surface area contributed by atoms with E-state index < -0.39 is 5.97 Å². The summed E-state index contributed by atoms with van der Waals surface area (Å²) in [5, 5.41) is 1.71. The average Bonchev–Trinajstić information content (AvgIpc) is 2.84. The van der Waals surface area contributed by atoms with Crippen LogP contribution in [0.2, 0.25) is 0 Å². The third-order valence-electron chi connectivity index (χ3n) is 3.14. The summed E-state index contributed by atoms with van der Waals surface area (Å²) in [5.74, 6) is 0.780. The maximum atomic E-state index is 11.9. The topological polar surface area (TPSA) is 66.8 Å². The number of carbonyl (C=O) groups is 1. The van der Waals surface area contributed by atoms with Crippen LogP contribution in [0, 0.1) is 6.92 Å². The van der Waals surface area contributed by atoms with Gasteiger partial charge in [0.25, 0.3) is 0 Å². The predicted molar refractivity (Wildman–Crippen MR) is 82.7 cm³/mol. The van der Waals surface area contributed by atoms with E-state index in [1.807, 2.05) is 0 Å². The second-order valence-corrected chi connectivity index (χ2v) is 5.39. The van der Waals surface area contributed by atoms with E-state index in [2.05, 4.69) is 0 Å². The second-order valence-electron chi connectivity index (χ2n) is 4.57. The van der Waals surface area contributed by atoms with Gasteiger partial charge >= 0.3 is 10.8 Å². The molecular formula is C15H17NO5S. The molecule has 0 aliphatic carbocycles. The van der Waals surface area contributed by atoms with Crippen LogP contribution in [-0.2, 0) is 22.7 Å². The van der Waals surface area contributed by atoms with Crippen molar-refractivity contribution in [2.45, 2.75) is 20.1 Å². The highest BCUT2D eigenvalue weighted by Crippen LogP contribution is 2.24. The Bertz CT molecular complexity index is 719. The number of esters is 1. The van der Waals surface area contributed by atoms with Gasteiger partial charge in [-0.1, -0.05) is 11.3 Å².